The number of nitrogens with one attached hydrogen (secondary N) is 1. The van der Waals surface area contributed by atoms with Crippen LogP contribution in [0.3, 0.4) is 0 Å². The third-order valence-electron chi connectivity index (χ3n) is 3.60. The molecule has 0 unspecified atom stereocenters. The van der Waals surface area contributed by atoms with Crippen LogP contribution in [-0.4, -0.2) is 24.4 Å². The van der Waals surface area contributed by atoms with Crippen LogP contribution in [0.4, 0.5) is 0 Å². The van der Waals surface area contributed by atoms with Gasteiger partial charge < -0.3 is 20.3 Å². The van der Waals surface area contributed by atoms with E-state index < -0.39 is 0 Å². The number of carbonyl (C=O) groups is 1. The van der Waals surface area contributed by atoms with Crippen LogP contribution in [0.2, 0.25) is 0 Å². The number of allylic oxidation sites excluding steroid dienone is 8. The molecule has 0 aliphatic carbocycles. The Hall–Kier alpha value is -2.59. The number of hydrogen-bond acceptors (Lipinski definition) is 3. The van der Waals surface area contributed by atoms with Crippen LogP contribution in [0.1, 0.15) is 92.4 Å². The van der Waals surface area contributed by atoms with Gasteiger partial charge in [0.05, 0.1) is 12.3 Å². The summed E-state index contributed by atoms with van der Waals surface area (Å²) in [4.78, 5) is 9.97. The summed E-state index contributed by atoms with van der Waals surface area (Å²) in [5.74, 6) is 0. The van der Waals surface area contributed by atoms with Gasteiger partial charge in [0.2, 0.25) is 0 Å². The molecule has 0 aromatic heterocycles. The highest BCUT2D eigenvalue weighted by Crippen LogP contribution is 2.00. The van der Waals surface area contributed by atoms with Crippen LogP contribution < -0.4 is 5.32 Å². The maximum Gasteiger partial charge on any atom is 0.123 e. The topological polar surface area (TPSA) is 69.8 Å². The van der Waals surface area contributed by atoms with Gasteiger partial charge in [-0.1, -0.05) is 88.8 Å². The second kappa shape index (κ2) is 48.7. The lowest BCUT2D eigenvalue weighted by Gasteiger charge is -2.11. The number of unbranched alkanes of at least 4 members (excludes halogenated alkanes) is 4. The molecular formula is C31H57NO3. The fourth-order valence-electron chi connectivity index (χ4n) is 2.01. The predicted molar refractivity (Wildman–Crippen MR) is 160 cm³/mol. The number of carbonyl (C=O) groups excluding carboxylic acids is 1. The van der Waals surface area contributed by atoms with Gasteiger partial charge in [0, 0.05) is 6.42 Å². The van der Waals surface area contributed by atoms with Crippen molar-refractivity contribution in [3.05, 3.63) is 86.9 Å². The van der Waals surface area contributed by atoms with Crippen LogP contribution >= 0.6 is 0 Å². The lowest BCUT2D eigenvalue weighted by molar-refractivity contribution is -0.107. The third-order valence-corrected chi connectivity index (χ3v) is 3.60. The third kappa shape index (κ3) is 54.1. The maximum atomic E-state index is 9.97. The number of ether oxygens (including phenoxy) is 1. The highest BCUT2D eigenvalue weighted by molar-refractivity contribution is 5.51. The maximum absolute atomic E-state index is 9.97. The largest absolute Gasteiger partial charge is 0.499 e. The molecule has 0 rings (SSSR count). The molecule has 0 aliphatic rings. The number of aldehydes is 1. The second-order valence-corrected chi connectivity index (χ2v) is 6.93. The molecule has 0 aromatic rings. The van der Waals surface area contributed by atoms with Crippen molar-refractivity contribution < 1.29 is 15.0 Å². The van der Waals surface area contributed by atoms with Crippen LogP contribution in [0, 0.1) is 0 Å². The van der Waals surface area contributed by atoms with Crippen molar-refractivity contribution in [1.29, 1.82) is 0 Å². The minimum atomic E-state index is 0. The van der Waals surface area contributed by atoms with Crippen molar-refractivity contribution in [3.63, 3.8) is 0 Å². The van der Waals surface area contributed by atoms with E-state index in [4.69, 9.17) is 4.74 Å². The first-order valence-corrected chi connectivity index (χ1v) is 12.9. The van der Waals surface area contributed by atoms with Gasteiger partial charge in [-0.25, -0.2) is 0 Å². The average molecular weight is 492 g/mol. The Bertz CT molecular complexity index is 519. The molecule has 0 saturated heterocycles. The van der Waals surface area contributed by atoms with Gasteiger partial charge in [0.15, 0.2) is 0 Å². The van der Waals surface area contributed by atoms with Crippen LogP contribution in [0.15, 0.2) is 86.9 Å². The Morgan fingerprint density at radius 1 is 0.829 bits per heavy atom. The van der Waals surface area contributed by atoms with Gasteiger partial charge in [-0.15, -0.1) is 19.7 Å². The summed E-state index contributed by atoms with van der Waals surface area (Å²) in [5.41, 5.74) is 0. The summed E-state index contributed by atoms with van der Waals surface area (Å²) in [6, 6.07) is 0.154. The van der Waals surface area contributed by atoms with E-state index in [2.05, 4.69) is 63.2 Å². The van der Waals surface area contributed by atoms with Gasteiger partial charge >= 0.3 is 0 Å². The first kappa shape index (κ1) is 42.6. The molecule has 3 N–H and O–H groups in total. The van der Waals surface area contributed by atoms with Crippen LogP contribution in [0.25, 0.3) is 0 Å². The molecule has 35 heavy (non-hydrogen) atoms. The molecule has 0 aliphatic heterocycles. The fourth-order valence-corrected chi connectivity index (χ4v) is 2.01. The van der Waals surface area contributed by atoms with Gasteiger partial charge in [-0.3, -0.25) is 0 Å². The molecule has 1 atom stereocenters. The second-order valence-electron chi connectivity index (χ2n) is 6.93. The minimum Gasteiger partial charge on any atom is -0.499 e. The smallest absolute Gasteiger partial charge is 0.123 e. The summed E-state index contributed by atoms with van der Waals surface area (Å²) in [5, 5.41) is 3.20. The first-order chi connectivity index (χ1) is 16.7. The highest BCUT2D eigenvalue weighted by atomic mass is 16.5. The molecule has 204 valence electrons. The Labute approximate surface area is 218 Å². The summed E-state index contributed by atoms with van der Waals surface area (Å²) in [6.07, 6.45) is 31.9. The van der Waals surface area contributed by atoms with Crippen LogP contribution in [-0.2, 0) is 9.53 Å². The lowest BCUT2D eigenvalue weighted by atomic mass is 10.2. The molecular weight excluding hydrogens is 434 g/mol. The van der Waals surface area contributed by atoms with Crippen molar-refractivity contribution in [1.82, 2.24) is 5.32 Å². The molecule has 4 heteroatoms. The lowest BCUT2D eigenvalue weighted by Crippen LogP contribution is -2.26. The first-order valence-electron chi connectivity index (χ1n) is 12.9. The Morgan fingerprint density at radius 3 is 1.89 bits per heavy atom. The monoisotopic (exact) mass is 491 g/mol. The predicted octanol–water partition coefficient (Wildman–Crippen LogP) is 8.60. The van der Waals surface area contributed by atoms with Crippen molar-refractivity contribution in [2.24, 2.45) is 0 Å². The molecule has 0 aromatic carbocycles. The summed E-state index contributed by atoms with van der Waals surface area (Å²) < 4.78 is 5.25. The Kier molecular flexibility index (Phi) is 59.3. The van der Waals surface area contributed by atoms with Gasteiger partial charge in [0.1, 0.15) is 12.9 Å². The zero-order valence-electron chi connectivity index (χ0n) is 23.5. The summed E-state index contributed by atoms with van der Waals surface area (Å²) >= 11 is 0. The Balaban J connectivity index is -0.000000141. The SMILES string of the molecule is C=CCC/C=C/N[C@H](C=C)CO/C=C/C.C=CCCC/C=C/CC/C=C/CC=O.CC.CCC.O. The number of hydrogen-bond donors (Lipinski definition) is 1. The number of rotatable bonds is 18. The minimum absolute atomic E-state index is 0. The normalized spacial score (nSPS) is 10.7. The zero-order chi connectivity index (χ0) is 26.5. The van der Waals surface area contributed by atoms with Crippen LogP contribution in [0.5, 0.6) is 0 Å². The van der Waals surface area contributed by atoms with Gasteiger partial charge in [0.25, 0.3) is 0 Å². The summed E-state index contributed by atoms with van der Waals surface area (Å²) in [6.45, 7) is 21.8. The van der Waals surface area contributed by atoms with Crippen molar-refractivity contribution in [3.8, 4) is 0 Å². The van der Waals surface area contributed by atoms with Crippen molar-refractivity contribution >= 4 is 6.29 Å². The molecule has 0 bridgehead atoms. The molecule has 0 amide bonds. The summed E-state index contributed by atoms with van der Waals surface area (Å²) in [7, 11) is 0. The molecule has 0 spiro atoms. The average Bonchev–Trinajstić information content (AvgIpc) is 2.86. The molecule has 0 saturated carbocycles. The van der Waals surface area contributed by atoms with E-state index in [-0.39, 0.29) is 11.5 Å². The van der Waals surface area contributed by atoms with Crippen molar-refractivity contribution in [2.75, 3.05) is 6.61 Å². The fraction of sp³-hybridized carbons (Fsp3) is 0.516. The van der Waals surface area contributed by atoms with Gasteiger partial charge in [-0.05, 0) is 58.1 Å². The van der Waals surface area contributed by atoms with E-state index in [0.29, 0.717) is 13.0 Å². The van der Waals surface area contributed by atoms with E-state index in [1.165, 1.54) is 12.8 Å². The van der Waals surface area contributed by atoms with E-state index in [9.17, 15) is 4.79 Å². The highest BCUT2D eigenvalue weighted by Gasteiger charge is 1.98. The standard InChI is InChI=1S/C13H21NO.C13H20O.C3H8.C2H6.H2O/c1-4-7-8-9-10-14-13(6-3)12-15-11-5-2;1-2-3-4-5-6-7-8-9-10-11-12-13-14;1-3-2;1-2;/h4-6,9-11,13-14H,1,3,7-8,12H2,2H3;2,6-7,10-11,13H,1,3-5,8-9,12H2;3H2,1-2H3;1-2H3;1H2/b10-9+,11-5+;7-6+,11-10+;;;/t13-;;;;/m1..../s1. The molecule has 0 fully saturated rings. The van der Waals surface area contributed by atoms with Crippen molar-refractivity contribution in [2.45, 2.75) is 98.4 Å². The van der Waals surface area contributed by atoms with E-state index >= 15 is 0 Å². The van der Waals surface area contributed by atoms with E-state index in [1.807, 2.05) is 57.4 Å². The quantitative estimate of drug-likeness (QED) is 0.0903. The molecule has 0 heterocycles. The molecule has 4 nitrogen and oxygen atoms in total. The molecule has 0 radical (unpaired) electrons. The Morgan fingerprint density at radius 2 is 1.37 bits per heavy atom. The van der Waals surface area contributed by atoms with E-state index in [1.54, 1.807) is 6.26 Å². The zero-order valence-corrected chi connectivity index (χ0v) is 23.5. The van der Waals surface area contributed by atoms with E-state index in [0.717, 1.165) is 44.8 Å². The van der Waals surface area contributed by atoms with Gasteiger partial charge in [-0.2, -0.15) is 0 Å².